The van der Waals surface area contributed by atoms with Gasteiger partial charge in [-0.05, 0) is 30.4 Å². The summed E-state index contributed by atoms with van der Waals surface area (Å²) in [7, 11) is 0. The zero-order valence-electron chi connectivity index (χ0n) is 17.3. The lowest BCUT2D eigenvalue weighted by atomic mass is 9.92. The first kappa shape index (κ1) is 19.7. The second kappa shape index (κ2) is 8.38. The van der Waals surface area contributed by atoms with Crippen LogP contribution in [-0.2, 0) is 4.79 Å². The average molecular weight is 392 g/mol. The Labute approximate surface area is 172 Å². The molecule has 2 aliphatic rings. The predicted octanol–water partition coefficient (Wildman–Crippen LogP) is 2.73. The van der Waals surface area contributed by atoms with E-state index in [2.05, 4.69) is 45.7 Å². The van der Waals surface area contributed by atoms with Gasteiger partial charge in [0.15, 0.2) is 0 Å². The fraction of sp³-hybridized carbons (Fsp3) is 0.522. The Morgan fingerprint density at radius 1 is 1.14 bits per heavy atom. The highest BCUT2D eigenvalue weighted by Gasteiger charge is 2.28. The van der Waals surface area contributed by atoms with E-state index in [0.29, 0.717) is 24.1 Å². The van der Waals surface area contributed by atoms with E-state index < -0.39 is 0 Å². The molecule has 29 heavy (non-hydrogen) atoms. The van der Waals surface area contributed by atoms with Gasteiger partial charge in [-0.25, -0.2) is 4.98 Å². The van der Waals surface area contributed by atoms with Crippen molar-refractivity contribution in [2.45, 2.75) is 20.3 Å². The summed E-state index contributed by atoms with van der Waals surface area (Å²) in [6, 6.07) is 12.0. The molecule has 2 aliphatic heterocycles. The molecule has 0 aliphatic carbocycles. The number of piperazine rings is 1. The standard InChI is InChI=1S/C23H29N5O/c1-17-11-18(2)15-28(14-17)23(29)16-26-7-9-27(10-8-26)22-12-19(13-24)25-21-6-4-3-5-20(21)22/h3-6,12,17-18H,7-11,14-16H2,1-2H3. The van der Waals surface area contributed by atoms with Crippen LogP contribution in [0.2, 0.25) is 0 Å². The number of rotatable bonds is 3. The van der Waals surface area contributed by atoms with Crippen LogP contribution in [0.1, 0.15) is 26.0 Å². The summed E-state index contributed by atoms with van der Waals surface area (Å²) in [6.07, 6.45) is 1.22. The number of piperidine rings is 1. The van der Waals surface area contributed by atoms with E-state index >= 15 is 0 Å². The molecule has 0 radical (unpaired) electrons. The second-order valence-electron chi connectivity index (χ2n) is 8.66. The molecule has 152 valence electrons. The normalized spacial score (nSPS) is 23.2. The minimum absolute atomic E-state index is 0.262. The zero-order chi connectivity index (χ0) is 20.4. The van der Waals surface area contributed by atoms with Crippen molar-refractivity contribution in [3.05, 3.63) is 36.0 Å². The molecule has 0 N–H and O–H groups in total. The lowest BCUT2D eigenvalue weighted by molar-refractivity contribution is -0.135. The molecule has 2 saturated heterocycles. The van der Waals surface area contributed by atoms with Crippen LogP contribution in [0.4, 0.5) is 5.69 Å². The number of nitriles is 1. The van der Waals surface area contributed by atoms with Crippen molar-refractivity contribution in [1.29, 1.82) is 5.26 Å². The molecule has 6 nitrogen and oxygen atoms in total. The SMILES string of the molecule is CC1CC(C)CN(C(=O)CN2CCN(c3cc(C#N)nc4ccccc34)CC2)C1. The third-order valence-electron chi connectivity index (χ3n) is 6.10. The van der Waals surface area contributed by atoms with Crippen molar-refractivity contribution >= 4 is 22.5 Å². The summed E-state index contributed by atoms with van der Waals surface area (Å²) in [4.78, 5) is 23.8. The largest absolute Gasteiger partial charge is 0.368 e. The van der Waals surface area contributed by atoms with Gasteiger partial charge >= 0.3 is 0 Å². The van der Waals surface area contributed by atoms with Gasteiger partial charge in [0.1, 0.15) is 11.8 Å². The number of hydrogen-bond acceptors (Lipinski definition) is 5. The Morgan fingerprint density at radius 2 is 1.83 bits per heavy atom. The molecule has 2 atom stereocenters. The van der Waals surface area contributed by atoms with Crippen molar-refractivity contribution < 1.29 is 4.79 Å². The molecule has 0 spiro atoms. The first-order valence-electron chi connectivity index (χ1n) is 10.6. The minimum Gasteiger partial charge on any atom is -0.368 e. The topological polar surface area (TPSA) is 63.5 Å². The Balaban J connectivity index is 1.41. The molecular formula is C23H29N5O. The molecule has 0 saturated carbocycles. The molecule has 2 aromatic rings. The number of carbonyl (C=O) groups excluding carboxylic acids is 1. The van der Waals surface area contributed by atoms with E-state index in [0.717, 1.165) is 55.9 Å². The van der Waals surface area contributed by atoms with Crippen LogP contribution in [0.25, 0.3) is 10.9 Å². The number of nitrogens with zero attached hydrogens (tertiary/aromatic N) is 5. The zero-order valence-corrected chi connectivity index (χ0v) is 17.3. The van der Waals surface area contributed by atoms with Gasteiger partial charge in [-0.1, -0.05) is 32.0 Å². The lowest BCUT2D eigenvalue weighted by Crippen LogP contribution is -2.52. The number of likely N-dealkylation sites (tertiary alicyclic amines) is 1. The fourth-order valence-electron chi connectivity index (χ4n) is 4.78. The molecule has 6 heteroatoms. The van der Waals surface area contributed by atoms with Crippen molar-refractivity contribution in [3.8, 4) is 6.07 Å². The van der Waals surface area contributed by atoms with Gasteiger partial charge in [-0.3, -0.25) is 9.69 Å². The number of fused-ring (bicyclic) bond motifs is 1. The Hall–Kier alpha value is -2.65. The summed E-state index contributed by atoms with van der Waals surface area (Å²) in [5.41, 5.74) is 2.37. The molecule has 1 aromatic heterocycles. The van der Waals surface area contributed by atoms with Crippen LogP contribution < -0.4 is 4.90 Å². The molecule has 2 fully saturated rings. The molecule has 3 heterocycles. The smallest absolute Gasteiger partial charge is 0.236 e. The predicted molar refractivity (Wildman–Crippen MR) is 115 cm³/mol. The Morgan fingerprint density at radius 3 is 2.52 bits per heavy atom. The maximum Gasteiger partial charge on any atom is 0.236 e. The molecular weight excluding hydrogens is 362 g/mol. The number of para-hydroxylation sites is 1. The van der Waals surface area contributed by atoms with E-state index in [1.165, 1.54) is 6.42 Å². The number of amides is 1. The van der Waals surface area contributed by atoms with E-state index in [9.17, 15) is 10.1 Å². The summed E-state index contributed by atoms with van der Waals surface area (Å²) < 4.78 is 0. The van der Waals surface area contributed by atoms with Gasteiger partial charge in [-0.15, -0.1) is 0 Å². The number of carbonyl (C=O) groups is 1. The summed E-state index contributed by atoms with van der Waals surface area (Å²) in [5.74, 6) is 1.45. The van der Waals surface area contributed by atoms with Gasteiger partial charge in [0.05, 0.1) is 12.1 Å². The highest BCUT2D eigenvalue weighted by atomic mass is 16.2. The van der Waals surface area contributed by atoms with E-state index in [4.69, 9.17) is 0 Å². The quantitative estimate of drug-likeness (QED) is 0.805. The van der Waals surface area contributed by atoms with Crippen molar-refractivity contribution in [2.75, 3.05) is 50.7 Å². The van der Waals surface area contributed by atoms with Gasteiger partial charge in [0.25, 0.3) is 0 Å². The summed E-state index contributed by atoms with van der Waals surface area (Å²) in [5, 5.41) is 10.4. The Kier molecular flexibility index (Phi) is 5.68. The minimum atomic E-state index is 0.262. The summed E-state index contributed by atoms with van der Waals surface area (Å²) >= 11 is 0. The number of benzene rings is 1. The third-order valence-corrected chi connectivity index (χ3v) is 6.10. The van der Waals surface area contributed by atoms with Gasteiger partial charge in [-0.2, -0.15) is 5.26 Å². The molecule has 2 unspecified atom stereocenters. The monoisotopic (exact) mass is 391 g/mol. The average Bonchev–Trinajstić information content (AvgIpc) is 2.73. The number of anilines is 1. The number of aromatic nitrogens is 1. The first-order valence-corrected chi connectivity index (χ1v) is 10.6. The number of hydrogen-bond donors (Lipinski definition) is 0. The maximum atomic E-state index is 12.8. The van der Waals surface area contributed by atoms with Gasteiger partial charge in [0.2, 0.25) is 5.91 Å². The maximum absolute atomic E-state index is 12.8. The molecule has 4 rings (SSSR count). The van der Waals surface area contributed by atoms with Crippen LogP contribution in [0, 0.1) is 23.2 Å². The summed E-state index contributed by atoms with van der Waals surface area (Å²) in [6.45, 7) is 10.2. The van der Waals surface area contributed by atoms with Crippen LogP contribution in [0.5, 0.6) is 0 Å². The van der Waals surface area contributed by atoms with Gasteiger partial charge < -0.3 is 9.80 Å². The van der Waals surface area contributed by atoms with E-state index in [1.54, 1.807) is 0 Å². The van der Waals surface area contributed by atoms with Crippen LogP contribution >= 0.6 is 0 Å². The molecule has 1 aromatic carbocycles. The molecule has 0 bridgehead atoms. The second-order valence-corrected chi connectivity index (χ2v) is 8.66. The van der Waals surface area contributed by atoms with Crippen LogP contribution in [0.3, 0.4) is 0 Å². The first-order chi connectivity index (χ1) is 14.0. The van der Waals surface area contributed by atoms with Crippen LogP contribution in [-0.4, -0.2) is 66.5 Å². The van der Waals surface area contributed by atoms with Crippen molar-refractivity contribution in [1.82, 2.24) is 14.8 Å². The van der Waals surface area contributed by atoms with Crippen LogP contribution in [0.15, 0.2) is 30.3 Å². The van der Waals surface area contributed by atoms with E-state index in [-0.39, 0.29) is 5.91 Å². The third kappa shape index (κ3) is 4.35. The van der Waals surface area contributed by atoms with Crippen molar-refractivity contribution in [3.63, 3.8) is 0 Å². The lowest BCUT2D eigenvalue weighted by Gasteiger charge is -2.39. The van der Waals surface area contributed by atoms with E-state index in [1.807, 2.05) is 24.3 Å². The van der Waals surface area contributed by atoms with Crippen molar-refractivity contribution in [2.24, 2.45) is 11.8 Å². The Bertz CT molecular complexity index is 919. The highest BCUT2D eigenvalue weighted by molar-refractivity contribution is 5.92. The van der Waals surface area contributed by atoms with Gasteiger partial charge in [0, 0.05) is 50.3 Å². The molecule has 1 amide bonds. The fourth-order valence-corrected chi connectivity index (χ4v) is 4.78. The number of pyridine rings is 1. The highest BCUT2D eigenvalue weighted by Crippen LogP contribution is 2.28.